The molecule has 0 saturated carbocycles. The zero-order valence-electron chi connectivity index (χ0n) is 39.8. The summed E-state index contributed by atoms with van der Waals surface area (Å²) in [4.78, 5) is 2.47. The lowest BCUT2D eigenvalue weighted by Crippen LogP contribution is -2.35. The Bertz CT molecular complexity index is 4170. The molecule has 11 aromatic carbocycles. The Labute approximate surface area is 424 Å². The van der Waals surface area contributed by atoms with Crippen molar-refractivity contribution in [3.8, 4) is 50.6 Å². The van der Waals surface area contributed by atoms with E-state index < -0.39 is 10.8 Å². The molecule has 2 aliphatic heterocycles. The lowest BCUT2D eigenvalue weighted by atomic mass is 9.64. The van der Waals surface area contributed by atoms with Crippen LogP contribution in [0.3, 0.4) is 0 Å². The summed E-state index contributed by atoms with van der Waals surface area (Å²) < 4.78 is 13.6. The average molecular weight is 932 g/mol. The van der Waals surface area contributed by atoms with E-state index in [0.717, 1.165) is 64.0 Å². The quantitative estimate of drug-likeness (QED) is 0.176. The van der Waals surface area contributed by atoms with Crippen LogP contribution in [-0.4, -0.2) is 0 Å². The molecule has 73 heavy (non-hydrogen) atoms. The number of benzene rings is 11. The van der Waals surface area contributed by atoms with Crippen LogP contribution in [0.2, 0.25) is 0 Å². The first-order chi connectivity index (χ1) is 36.2. The van der Waals surface area contributed by atoms with Gasteiger partial charge in [-0.05, 0) is 181 Å². The van der Waals surface area contributed by atoms with Gasteiger partial charge in [0.1, 0.15) is 23.0 Å². The minimum absolute atomic E-state index is 0.520. The summed E-state index contributed by atoms with van der Waals surface area (Å²) in [5.41, 5.74) is 19.6. The third-order valence-corrected chi connectivity index (χ3v) is 16.6. The van der Waals surface area contributed by atoms with Crippen molar-refractivity contribution in [3.63, 3.8) is 0 Å². The van der Waals surface area contributed by atoms with Gasteiger partial charge in [-0.1, -0.05) is 164 Å². The molecular weight excluding hydrogens is 887 g/mol. The molecule has 11 aromatic rings. The maximum absolute atomic E-state index is 6.79. The smallest absolute Gasteiger partial charge is 0.132 e. The van der Waals surface area contributed by atoms with Gasteiger partial charge in [-0.15, -0.1) is 0 Å². The summed E-state index contributed by atoms with van der Waals surface area (Å²) in [6.45, 7) is 0. The molecule has 0 amide bonds. The van der Waals surface area contributed by atoms with Crippen molar-refractivity contribution in [1.29, 1.82) is 0 Å². The van der Waals surface area contributed by atoms with Crippen LogP contribution in [0.5, 0.6) is 17.2 Å². The maximum atomic E-state index is 6.79. The zero-order valence-corrected chi connectivity index (χ0v) is 39.8. The number of para-hydroxylation sites is 3. The molecule has 0 N–H and O–H groups in total. The van der Waals surface area contributed by atoms with Gasteiger partial charge >= 0.3 is 0 Å². The van der Waals surface area contributed by atoms with Gasteiger partial charge in [-0.2, -0.15) is 0 Å². The van der Waals surface area contributed by atoms with Crippen LogP contribution < -0.4 is 14.4 Å². The van der Waals surface area contributed by atoms with E-state index in [1.165, 1.54) is 88.3 Å². The van der Waals surface area contributed by atoms with Crippen molar-refractivity contribution in [3.05, 3.63) is 299 Å². The van der Waals surface area contributed by atoms with Crippen LogP contribution in [-0.2, 0) is 10.8 Å². The molecule has 16 rings (SSSR count). The minimum atomic E-state index is -0.609. The lowest BCUT2D eigenvalue weighted by Gasteiger charge is -2.42. The number of ether oxygens (including phenoxy) is 2. The highest BCUT2D eigenvalue weighted by molar-refractivity contribution is 6.02. The molecular formula is C70H45NO2. The van der Waals surface area contributed by atoms with Gasteiger partial charge < -0.3 is 14.4 Å². The first kappa shape index (κ1) is 40.5. The third-order valence-electron chi connectivity index (χ3n) is 16.6. The molecule has 3 aliphatic carbocycles. The largest absolute Gasteiger partial charge is 0.457 e. The van der Waals surface area contributed by atoms with Crippen LogP contribution in [0.25, 0.3) is 54.9 Å². The highest BCUT2D eigenvalue weighted by Gasteiger charge is 2.53. The Morgan fingerprint density at radius 3 is 1.56 bits per heavy atom. The fraction of sp³-hybridized carbons (Fsp3) is 0.0571. The summed E-state index contributed by atoms with van der Waals surface area (Å²) in [6, 6.07) is 87.7. The SMILES string of the molecule is C1=CC2=C(CC1)C1(c3ccccc3O2)c2ccccc2-c2ccc(N(c3ccc(-c4ccccc4)cc3)c3ccc4cc5c(cc4c3)C3(c4ccccc4Oc4ccccc43)c3cc4ccccc4cc3-5)cc21. The molecule has 0 bridgehead atoms. The predicted molar refractivity (Wildman–Crippen MR) is 297 cm³/mol. The van der Waals surface area contributed by atoms with Crippen molar-refractivity contribution in [2.75, 3.05) is 4.90 Å². The maximum Gasteiger partial charge on any atom is 0.132 e. The van der Waals surface area contributed by atoms with Gasteiger partial charge in [0.2, 0.25) is 0 Å². The Morgan fingerprint density at radius 2 is 0.836 bits per heavy atom. The molecule has 342 valence electrons. The topological polar surface area (TPSA) is 21.7 Å². The zero-order chi connectivity index (χ0) is 47.8. The van der Waals surface area contributed by atoms with Crippen LogP contribution in [0.1, 0.15) is 51.8 Å². The van der Waals surface area contributed by atoms with Crippen molar-refractivity contribution in [2.45, 2.75) is 23.7 Å². The van der Waals surface area contributed by atoms with E-state index in [2.05, 4.69) is 254 Å². The molecule has 5 aliphatic rings. The van der Waals surface area contributed by atoms with E-state index in [4.69, 9.17) is 9.47 Å². The van der Waals surface area contributed by atoms with Gasteiger partial charge in [0.05, 0.1) is 10.8 Å². The molecule has 1 atom stereocenters. The Kier molecular flexibility index (Phi) is 8.42. The number of anilines is 3. The first-order valence-electron chi connectivity index (χ1n) is 25.5. The van der Waals surface area contributed by atoms with Crippen molar-refractivity contribution < 1.29 is 9.47 Å². The van der Waals surface area contributed by atoms with Gasteiger partial charge in [-0.25, -0.2) is 0 Å². The number of rotatable bonds is 4. The van der Waals surface area contributed by atoms with E-state index in [9.17, 15) is 0 Å². The fourth-order valence-corrected chi connectivity index (χ4v) is 13.6. The van der Waals surface area contributed by atoms with Gasteiger partial charge in [0.25, 0.3) is 0 Å². The van der Waals surface area contributed by atoms with Crippen LogP contribution >= 0.6 is 0 Å². The van der Waals surface area contributed by atoms with Gasteiger partial charge in [-0.3, -0.25) is 0 Å². The van der Waals surface area contributed by atoms with Crippen LogP contribution in [0.15, 0.2) is 260 Å². The Morgan fingerprint density at radius 1 is 0.329 bits per heavy atom. The van der Waals surface area contributed by atoms with E-state index in [1.54, 1.807) is 0 Å². The minimum Gasteiger partial charge on any atom is -0.457 e. The average Bonchev–Trinajstić information content (AvgIpc) is 3.89. The van der Waals surface area contributed by atoms with Crippen molar-refractivity contribution in [1.82, 2.24) is 0 Å². The number of allylic oxidation sites excluding steroid dienone is 3. The number of fused-ring (bicyclic) bond motifs is 19. The molecule has 0 radical (unpaired) electrons. The highest BCUT2D eigenvalue weighted by atomic mass is 16.5. The molecule has 1 unspecified atom stereocenters. The molecule has 3 heteroatoms. The second-order valence-corrected chi connectivity index (χ2v) is 20.2. The van der Waals surface area contributed by atoms with E-state index in [-0.39, 0.29) is 0 Å². The molecule has 0 aromatic heterocycles. The van der Waals surface area contributed by atoms with Gasteiger partial charge in [0.15, 0.2) is 0 Å². The normalized spacial score (nSPS) is 16.7. The van der Waals surface area contributed by atoms with Crippen LogP contribution in [0, 0.1) is 0 Å². The summed E-state index contributed by atoms with van der Waals surface area (Å²) in [7, 11) is 0. The van der Waals surface area contributed by atoms with E-state index >= 15 is 0 Å². The van der Waals surface area contributed by atoms with Crippen LogP contribution in [0.4, 0.5) is 17.1 Å². The molecule has 0 saturated heterocycles. The monoisotopic (exact) mass is 931 g/mol. The second kappa shape index (κ2) is 15.2. The van der Waals surface area contributed by atoms with Crippen molar-refractivity contribution >= 4 is 38.6 Å². The third kappa shape index (κ3) is 5.54. The summed E-state index contributed by atoms with van der Waals surface area (Å²) >= 11 is 0. The molecule has 2 heterocycles. The standard InChI is InChI=1S/C70H45NO2/c1-2-16-44(17-3-1)45-30-33-50(34-31-45)71(52-36-37-54-53-20-6-7-21-57(53)69(64(54)43-52)58-22-8-12-26-65(58)72-66-27-13-9-23-59(66)69)51-35-32-48-40-56-55-39-46-18-4-5-19-47(46)41-62(55)70(63(56)42-49(48)38-51)60-24-10-14-28-67(60)73-68-29-15-11-25-61(68)70/h1-8,10-22,24-43H,9,23H2. The summed E-state index contributed by atoms with van der Waals surface area (Å²) in [5, 5.41) is 4.83. The number of nitrogens with zero attached hydrogens (tertiary/aromatic N) is 1. The van der Waals surface area contributed by atoms with Gasteiger partial charge in [0, 0.05) is 33.8 Å². The number of hydrogen-bond donors (Lipinski definition) is 0. The predicted octanol–water partition coefficient (Wildman–Crippen LogP) is 17.9. The second-order valence-electron chi connectivity index (χ2n) is 20.2. The van der Waals surface area contributed by atoms with E-state index in [0.29, 0.717) is 0 Å². The number of hydrogen-bond acceptors (Lipinski definition) is 3. The molecule has 3 nitrogen and oxygen atoms in total. The van der Waals surface area contributed by atoms with E-state index in [1.807, 2.05) is 0 Å². The lowest BCUT2D eigenvalue weighted by molar-refractivity contribution is 0.389. The fourth-order valence-electron chi connectivity index (χ4n) is 13.6. The highest BCUT2D eigenvalue weighted by Crippen LogP contribution is 2.65. The summed E-state index contributed by atoms with van der Waals surface area (Å²) in [5.74, 6) is 3.67. The Balaban J connectivity index is 0.943. The molecule has 0 fully saturated rings. The Hall–Kier alpha value is -9.18. The van der Waals surface area contributed by atoms with Crippen molar-refractivity contribution in [2.24, 2.45) is 0 Å². The molecule has 2 spiro atoms. The summed E-state index contributed by atoms with van der Waals surface area (Å²) in [6.07, 6.45) is 6.35. The first-order valence-corrected chi connectivity index (χ1v) is 25.5.